The number of carbonyl (C=O) groups is 2. The van der Waals surface area contributed by atoms with Gasteiger partial charge in [-0.15, -0.1) is 0 Å². The third-order valence-corrected chi connectivity index (χ3v) is 6.60. The van der Waals surface area contributed by atoms with E-state index in [2.05, 4.69) is 9.88 Å². The fourth-order valence-corrected chi connectivity index (χ4v) is 4.94. The van der Waals surface area contributed by atoms with Gasteiger partial charge < -0.3 is 19.5 Å². The highest BCUT2D eigenvalue weighted by atomic mass is 32.2. The summed E-state index contributed by atoms with van der Waals surface area (Å²) in [5.74, 6) is 1.07. The Bertz CT molecular complexity index is 1140. The summed E-state index contributed by atoms with van der Waals surface area (Å²) in [6.07, 6.45) is 2.21. The summed E-state index contributed by atoms with van der Waals surface area (Å²) in [5.41, 5.74) is 3.18. The Morgan fingerprint density at radius 3 is 2.94 bits per heavy atom. The van der Waals surface area contributed by atoms with Gasteiger partial charge in [0.25, 0.3) is 0 Å². The number of carbonyl (C=O) groups excluding carboxylic acids is 2. The van der Waals surface area contributed by atoms with Crippen LogP contribution in [0, 0.1) is 5.92 Å². The van der Waals surface area contributed by atoms with Gasteiger partial charge in [0, 0.05) is 48.8 Å². The van der Waals surface area contributed by atoms with E-state index in [9.17, 15) is 9.59 Å². The van der Waals surface area contributed by atoms with Crippen molar-refractivity contribution in [3.8, 4) is 17.0 Å². The highest BCUT2D eigenvalue weighted by Gasteiger charge is 2.35. The van der Waals surface area contributed by atoms with E-state index in [1.54, 1.807) is 23.8 Å². The van der Waals surface area contributed by atoms with Gasteiger partial charge in [-0.25, -0.2) is 4.98 Å². The minimum atomic E-state index is -0.422. The lowest BCUT2D eigenvalue weighted by atomic mass is 10.1. The molecule has 31 heavy (non-hydrogen) atoms. The van der Waals surface area contributed by atoms with Crippen molar-refractivity contribution in [2.24, 2.45) is 5.92 Å². The Hall–Kier alpha value is -3.26. The number of imidazole rings is 1. The molecule has 1 N–H and O–H groups in total. The third kappa shape index (κ3) is 3.79. The van der Waals surface area contributed by atoms with Gasteiger partial charge in [0.2, 0.25) is 11.8 Å². The molecule has 2 aliphatic heterocycles. The number of methoxy groups -OCH3 is 1. The normalized spacial score (nSPS) is 17.6. The first-order chi connectivity index (χ1) is 15.1. The minimum Gasteiger partial charge on any atom is -0.497 e. The van der Waals surface area contributed by atoms with Gasteiger partial charge >= 0.3 is 0 Å². The van der Waals surface area contributed by atoms with Gasteiger partial charge in [-0.05, 0) is 18.2 Å². The van der Waals surface area contributed by atoms with E-state index < -0.39 is 5.92 Å². The fraction of sp³-hybridized carbons (Fsp3) is 0.261. The lowest BCUT2D eigenvalue weighted by molar-refractivity contribution is -0.122. The molecule has 1 aromatic heterocycles. The van der Waals surface area contributed by atoms with Crippen LogP contribution >= 0.6 is 11.8 Å². The van der Waals surface area contributed by atoms with Crippen LogP contribution in [0.1, 0.15) is 6.42 Å². The number of nitrogens with one attached hydrogen (secondary N) is 1. The lowest BCUT2D eigenvalue weighted by Crippen LogP contribution is -2.28. The molecule has 7 nitrogen and oxygen atoms in total. The summed E-state index contributed by atoms with van der Waals surface area (Å²) in [7, 11) is 1.59. The second kappa shape index (κ2) is 8.11. The molecule has 2 aromatic carbocycles. The van der Waals surface area contributed by atoms with Crippen molar-refractivity contribution in [2.75, 3.05) is 29.6 Å². The average Bonchev–Trinajstić information content (AvgIpc) is 3.49. The Labute approximate surface area is 184 Å². The lowest BCUT2D eigenvalue weighted by Gasteiger charge is -2.18. The maximum absolute atomic E-state index is 13.0. The standard InChI is InChI=1S/C23H22N4O3S/c1-30-17-6-4-5-16(12-17)27-13-15(11-21(27)28)22(29)24-19-8-3-2-7-18(19)20-14-26-9-10-31-23(26)25-20/h2-8,12,14-15H,9-11,13H2,1H3,(H,24,29). The van der Waals surface area contributed by atoms with Crippen molar-refractivity contribution in [1.29, 1.82) is 0 Å². The predicted molar refractivity (Wildman–Crippen MR) is 120 cm³/mol. The number of aryl methyl sites for hydroxylation is 1. The van der Waals surface area contributed by atoms with Gasteiger partial charge in [0.05, 0.1) is 24.4 Å². The van der Waals surface area contributed by atoms with E-state index in [0.29, 0.717) is 18.0 Å². The highest BCUT2D eigenvalue weighted by Crippen LogP contribution is 2.33. The Kier molecular flexibility index (Phi) is 5.15. The molecular weight excluding hydrogens is 412 g/mol. The number of nitrogens with zero attached hydrogens (tertiary/aromatic N) is 3. The summed E-state index contributed by atoms with van der Waals surface area (Å²) in [5, 5.41) is 4.04. The maximum Gasteiger partial charge on any atom is 0.229 e. The summed E-state index contributed by atoms with van der Waals surface area (Å²) >= 11 is 1.74. The van der Waals surface area contributed by atoms with Crippen LogP contribution in [0.4, 0.5) is 11.4 Å². The van der Waals surface area contributed by atoms with E-state index >= 15 is 0 Å². The number of ether oxygens (including phenoxy) is 1. The molecule has 3 heterocycles. The summed E-state index contributed by atoms with van der Waals surface area (Å²) in [6.45, 7) is 1.29. The molecule has 1 unspecified atom stereocenters. The van der Waals surface area contributed by atoms with Crippen molar-refractivity contribution in [1.82, 2.24) is 9.55 Å². The van der Waals surface area contributed by atoms with Crippen molar-refractivity contribution >= 4 is 35.0 Å². The maximum atomic E-state index is 13.0. The van der Waals surface area contributed by atoms with Crippen LogP contribution in [0.3, 0.4) is 0 Å². The molecule has 3 aromatic rings. The first-order valence-corrected chi connectivity index (χ1v) is 11.2. The van der Waals surface area contributed by atoms with E-state index in [1.165, 1.54) is 0 Å². The van der Waals surface area contributed by atoms with Crippen LogP contribution in [0.5, 0.6) is 5.75 Å². The first kappa shape index (κ1) is 19.7. The van der Waals surface area contributed by atoms with Crippen LogP contribution < -0.4 is 15.0 Å². The van der Waals surface area contributed by atoms with Crippen LogP contribution in [0.25, 0.3) is 11.3 Å². The first-order valence-electron chi connectivity index (χ1n) is 10.2. The predicted octanol–water partition coefficient (Wildman–Crippen LogP) is 3.66. The van der Waals surface area contributed by atoms with Gasteiger partial charge in [-0.3, -0.25) is 9.59 Å². The van der Waals surface area contributed by atoms with Crippen molar-refractivity contribution < 1.29 is 14.3 Å². The number of aromatic nitrogens is 2. The molecule has 158 valence electrons. The molecule has 1 atom stereocenters. The van der Waals surface area contributed by atoms with Crippen LogP contribution in [-0.4, -0.2) is 40.8 Å². The number of anilines is 2. The molecule has 1 saturated heterocycles. The number of fused-ring (bicyclic) bond motifs is 1. The quantitative estimate of drug-likeness (QED) is 0.663. The topological polar surface area (TPSA) is 76.5 Å². The van der Waals surface area contributed by atoms with E-state index in [4.69, 9.17) is 9.72 Å². The van der Waals surface area contributed by atoms with Gasteiger partial charge in [-0.1, -0.05) is 36.0 Å². The average molecular weight is 435 g/mol. The number of hydrogen-bond acceptors (Lipinski definition) is 5. The molecular formula is C23H22N4O3S. The Balaban J connectivity index is 1.33. The number of para-hydroxylation sites is 1. The second-order valence-corrected chi connectivity index (χ2v) is 8.65. The molecule has 2 amide bonds. The van der Waals surface area contributed by atoms with Crippen molar-refractivity contribution in [2.45, 2.75) is 18.1 Å². The summed E-state index contributed by atoms with van der Waals surface area (Å²) in [6, 6.07) is 15.0. The van der Waals surface area contributed by atoms with E-state index in [-0.39, 0.29) is 18.2 Å². The van der Waals surface area contributed by atoms with Crippen molar-refractivity contribution in [3.63, 3.8) is 0 Å². The molecule has 0 saturated carbocycles. The summed E-state index contributed by atoms with van der Waals surface area (Å²) < 4.78 is 7.39. The smallest absolute Gasteiger partial charge is 0.229 e. The number of hydrogen-bond donors (Lipinski definition) is 1. The Morgan fingerprint density at radius 2 is 2.10 bits per heavy atom. The monoisotopic (exact) mass is 434 g/mol. The molecule has 0 radical (unpaired) electrons. The molecule has 0 aliphatic carbocycles. The molecule has 0 spiro atoms. The van der Waals surface area contributed by atoms with Crippen LogP contribution in [0.15, 0.2) is 59.9 Å². The zero-order valence-electron chi connectivity index (χ0n) is 17.1. The van der Waals surface area contributed by atoms with Crippen molar-refractivity contribution in [3.05, 3.63) is 54.7 Å². The third-order valence-electron chi connectivity index (χ3n) is 5.62. The molecule has 5 rings (SSSR count). The van der Waals surface area contributed by atoms with Gasteiger partial charge in [0.15, 0.2) is 5.16 Å². The number of rotatable bonds is 5. The molecule has 1 fully saturated rings. The largest absolute Gasteiger partial charge is 0.497 e. The molecule has 8 heteroatoms. The summed E-state index contributed by atoms with van der Waals surface area (Å²) in [4.78, 5) is 32.0. The minimum absolute atomic E-state index is 0.0655. The van der Waals surface area contributed by atoms with Crippen LogP contribution in [-0.2, 0) is 16.1 Å². The van der Waals surface area contributed by atoms with E-state index in [1.807, 2.05) is 54.7 Å². The van der Waals surface area contributed by atoms with E-state index in [0.717, 1.165) is 34.4 Å². The van der Waals surface area contributed by atoms with Crippen LogP contribution in [0.2, 0.25) is 0 Å². The Morgan fingerprint density at radius 1 is 1.23 bits per heavy atom. The molecule has 2 aliphatic rings. The molecule has 0 bridgehead atoms. The zero-order valence-corrected chi connectivity index (χ0v) is 17.9. The van der Waals surface area contributed by atoms with Gasteiger partial charge in [0.1, 0.15) is 5.75 Å². The fourth-order valence-electron chi connectivity index (χ4n) is 4.00. The highest BCUT2D eigenvalue weighted by molar-refractivity contribution is 7.99. The van der Waals surface area contributed by atoms with Gasteiger partial charge in [-0.2, -0.15) is 0 Å². The zero-order chi connectivity index (χ0) is 21.4. The second-order valence-electron chi connectivity index (χ2n) is 7.59. The number of thioether (sulfide) groups is 1. The number of amides is 2. The number of benzene rings is 2. The SMILES string of the molecule is COc1cccc(N2CC(C(=O)Nc3ccccc3-c3cn4c(n3)SCC4)CC2=O)c1.